The molecule has 0 radical (unpaired) electrons. The number of amides is 1. The van der Waals surface area contributed by atoms with Crippen LogP contribution in [-0.4, -0.2) is 26.5 Å². The molecule has 0 bridgehead atoms. The smallest absolute Gasteiger partial charge is 0.336 e. The van der Waals surface area contributed by atoms with Crippen LogP contribution in [0.5, 0.6) is 5.88 Å². The van der Waals surface area contributed by atoms with Crippen LogP contribution in [0.1, 0.15) is 33.3 Å². The molecule has 1 aromatic carbocycles. The first-order valence-corrected chi connectivity index (χ1v) is 11.5. The molecule has 0 spiro atoms. The van der Waals surface area contributed by atoms with Crippen molar-refractivity contribution in [3.05, 3.63) is 96.0 Å². The SMILES string of the molecule is CCOc1ccc(CNC(=O)c2cn3c(=O)n(Cc4ccc(F)c(Cl)c4)c(=O)c(C)c3s2)cn1. The molecule has 0 saturated heterocycles. The number of hydrogen-bond acceptors (Lipinski definition) is 6. The third kappa shape index (κ3) is 4.73. The Morgan fingerprint density at radius 1 is 1.24 bits per heavy atom. The fourth-order valence-electron chi connectivity index (χ4n) is 3.35. The van der Waals surface area contributed by atoms with Crippen molar-refractivity contribution in [1.29, 1.82) is 0 Å². The van der Waals surface area contributed by atoms with Gasteiger partial charge in [-0.3, -0.25) is 18.6 Å². The minimum Gasteiger partial charge on any atom is -0.478 e. The average molecular weight is 503 g/mol. The molecule has 11 heteroatoms. The lowest BCUT2D eigenvalue weighted by atomic mass is 10.2. The van der Waals surface area contributed by atoms with Gasteiger partial charge in [-0.15, -0.1) is 11.3 Å². The Labute approximate surface area is 202 Å². The minimum atomic E-state index is -0.600. The second-order valence-electron chi connectivity index (χ2n) is 7.44. The van der Waals surface area contributed by atoms with E-state index in [1.807, 2.05) is 6.92 Å². The van der Waals surface area contributed by atoms with Gasteiger partial charge in [0.1, 0.15) is 15.5 Å². The molecule has 0 aliphatic carbocycles. The predicted octanol–water partition coefficient (Wildman–Crippen LogP) is 3.40. The van der Waals surface area contributed by atoms with Crippen molar-refractivity contribution in [3.63, 3.8) is 0 Å². The molecule has 3 heterocycles. The van der Waals surface area contributed by atoms with Crippen molar-refractivity contribution in [2.75, 3.05) is 6.61 Å². The lowest BCUT2D eigenvalue weighted by molar-refractivity contribution is 0.0954. The molecule has 0 fully saturated rings. The first kappa shape index (κ1) is 23.7. The maximum Gasteiger partial charge on any atom is 0.336 e. The van der Waals surface area contributed by atoms with Crippen LogP contribution in [0.3, 0.4) is 0 Å². The molecule has 1 N–H and O–H groups in total. The van der Waals surface area contributed by atoms with Gasteiger partial charge in [-0.2, -0.15) is 0 Å². The first-order chi connectivity index (χ1) is 16.3. The van der Waals surface area contributed by atoms with Crippen LogP contribution in [0.4, 0.5) is 4.39 Å². The number of fused-ring (bicyclic) bond motifs is 1. The number of carbonyl (C=O) groups excluding carboxylic acids is 1. The number of carbonyl (C=O) groups is 1. The highest BCUT2D eigenvalue weighted by Crippen LogP contribution is 2.19. The van der Waals surface area contributed by atoms with Crippen molar-refractivity contribution in [3.8, 4) is 5.88 Å². The van der Waals surface area contributed by atoms with Gasteiger partial charge in [0.15, 0.2) is 0 Å². The standard InChI is InChI=1S/C23H20ClFN4O4S/c1-3-33-19-7-5-15(9-26-19)10-27-20(30)18-12-29-22(34-18)13(2)21(31)28(23(29)32)11-14-4-6-17(25)16(24)8-14/h4-9,12H,3,10-11H2,1-2H3,(H,27,30). The second kappa shape index (κ2) is 9.78. The Hall–Kier alpha value is -3.50. The normalized spacial score (nSPS) is 11.1. The molecular formula is C23H20ClFN4O4S. The summed E-state index contributed by atoms with van der Waals surface area (Å²) in [7, 11) is 0. The summed E-state index contributed by atoms with van der Waals surface area (Å²) in [6.07, 6.45) is 3.02. The molecule has 0 saturated carbocycles. The summed E-state index contributed by atoms with van der Waals surface area (Å²) >= 11 is 6.88. The van der Waals surface area contributed by atoms with Crippen molar-refractivity contribution in [2.24, 2.45) is 0 Å². The maximum atomic E-state index is 13.5. The summed E-state index contributed by atoms with van der Waals surface area (Å²) in [5.41, 5.74) is 0.523. The quantitative estimate of drug-likeness (QED) is 0.418. The van der Waals surface area contributed by atoms with E-state index in [9.17, 15) is 18.8 Å². The maximum absolute atomic E-state index is 13.5. The molecule has 4 rings (SSSR count). The molecule has 0 unspecified atom stereocenters. The van der Waals surface area contributed by atoms with E-state index in [0.29, 0.717) is 28.4 Å². The van der Waals surface area contributed by atoms with Crippen molar-refractivity contribution in [1.82, 2.24) is 19.3 Å². The summed E-state index contributed by atoms with van der Waals surface area (Å²) in [4.78, 5) is 43.4. The summed E-state index contributed by atoms with van der Waals surface area (Å²) in [6, 6.07) is 7.52. The van der Waals surface area contributed by atoms with Crippen molar-refractivity contribution >= 4 is 33.7 Å². The number of hydrogen-bond donors (Lipinski definition) is 1. The Bertz CT molecular complexity index is 1490. The Kier molecular flexibility index (Phi) is 6.80. The Morgan fingerprint density at radius 3 is 2.68 bits per heavy atom. The van der Waals surface area contributed by atoms with Crippen molar-refractivity contribution < 1.29 is 13.9 Å². The van der Waals surface area contributed by atoms with E-state index in [1.165, 1.54) is 28.8 Å². The van der Waals surface area contributed by atoms with E-state index >= 15 is 0 Å². The summed E-state index contributed by atoms with van der Waals surface area (Å²) in [5, 5.41) is 2.69. The van der Waals surface area contributed by atoms with E-state index in [0.717, 1.165) is 21.5 Å². The zero-order chi connectivity index (χ0) is 24.4. The van der Waals surface area contributed by atoms with E-state index in [2.05, 4.69) is 10.3 Å². The molecule has 3 aromatic heterocycles. The number of ether oxygens (including phenoxy) is 1. The zero-order valence-electron chi connectivity index (χ0n) is 18.3. The molecule has 4 aromatic rings. The third-order valence-corrected chi connectivity index (χ3v) is 6.58. The third-order valence-electron chi connectivity index (χ3n) is 5.09. The van der Waals surface area contributed by atoms with Gasteiger partial charge >= 0.3 is 5.69 Å². The van der Waals surface area contributed by atoms with E-state index in [-0.39, 0.29) is 28.9 Å². The van der Waals surface area contributed by atoms with E-state index in [4.69, 9.17) is 16.3 Å². The molecule has 0 aliphatic rings. The number of pyridine rings is 1. The van der Waals surface area contributed by atoms with Crippen LogP contribution < -0.4 is 21.3 Å². The van der Waals surface area contributed by atoms with E-state index < -0.39 is 17.1 Å². The van der Waals surface area contributed by atoms with Crippen LogP contribution in [0.25, 0.3) is 4.83 Å². The van der Waals surface area contributed by atoms with Gasteiger partial charge in [0, 0.05) is 30.6 Å². The largest absolute Gasteiger partial charge is 0.478 e. The molecule has 176 valence electrons. The second-order valence-corrected chi connectivity index (χ2v) is 8.88. The van der Waals surface area contributed by atoms with Crippen LogP contribution in [0.2, 0.25) is 5.02 Å². The average Bonchev–Trinajstić information content (AvgIpc) is 3.28. The topological polar surface area (TPSA) is 94.7 Å². The van der Waals surface area contributed by atoms with Crippen LogP contribution in [0, 0.1) is 12.7 Å². The monoisotopic (exact) mass is 502 g/mol. The highest BCUT2D eigenvalue weighted by molar-refractivity contribution is 7.19. The summed E-state index contributed by atoms with van der Waals surface area (Å²) < 4.78 is 21.1. The molecular weight excluding hydrogens is 483 g/mol. The minimum absolute atomic E-state index is 0.0798. The Balaban J connectivity index is 1.59. The van der Waals surface area contributed by atoms with Crippen molar-refractivity contribution in [2.45, 2.75) is 26.9 Å². The Morgan fingerprint density at radius 2 is 2.00 bits per heavy atom. The summed E-state index contributed by atoms with van der Waals surface area (Å²) in [6.45, 7) is 4.12. The number of aromatic nitrogens is 3. The summed E-state index contributed by atoms with van der Waals surface area (Å²) in [5.74, 6) is -0.470. The lowest BCUT2D eigenvalue weighted by Gasteiger charge is -2.08. The molecule has 8 nitrogen and oxygen atoms in total. The lowest BCUT2D eigenvalue weighted by Crippen LogP contribution is -2.38. The van der Waals surface area contributed by atoms with Gasteiger partial charge in [-0.05, 0) is 37.1 Å². The molecule has 0 aliphatic heterocycles. The number of aryl methyl sites for hydroxylation is 1. The van der Waals surface area contributed by atoms with Gasteiger partial charge in [-0.1, -0.05) is 23.7 Å². The number of thiazole rings is 1. The number of halogens is 2. The van der Waals surface area contributed by atoms with E-state index in [1.54, 1.807) is 25.3 Å². The fourth-order valence-corrected chi connectivity index (χ4v) is 4.55. The van der Waals surface area contributed by atoms with Gasteiger partial charge < -0.3 is 10.1 Å². The fraction of sp³-hybridized carbons (Fsp3) is 0.217. The number of rotatable bonds is 7. The molecule has 0 atom stereocenters. The van der Waals surface area contributed by atoms with Gasteiger partial charge in [0.05, 0.1) is 18.2 Å². The van der Waals surface area contributed by atoms with Crippen LogP contribution in [0.15, 0.2) is 52.3 Å². The van der Waals surface area contributed by atoms with Gasteiger partial charge in [0.2, 0.25) is 5.88 Å². The molecule has 34 heavy (non-hydrogen) atoms. The zero-order valence-corrected chi connectivity index (χ0v) is 19.9. The molecule has 1 amide bonds. The van der Waals surface area contributed by atoms with Crippen LogP contribution in [-0.2, 0) is 13.1 Å². The first-order valence-electron chi connectivity index (χ1n) is 10.3. The van der Waals surface area contributed by atoms with Crippen LogP contribution >= 0.6 is 22.9 Å². The number of nitrogens with one attached hydrogen (secondary N) is 1. The highest BCUT2D eigenvalue weighted by Gasteiger charge is 2.18. The number of benzene rings is 1. The van der Waals surface area contributed by atoms with Gasteiger partial charge in [-0.25, -0.2) is 14.2 Å². The van der Waals surface area contributed by atoms with Gasteiger partial charge in [0.25, 0.3) is 11.5 Å². The number of nitrogens with zero attached hydrogens (tertiary/aromatic N) is 3. The predicted molar refractivity (Wildman–Crippen MR) is 128 cm³/mol. The highest BCUT2D eigenvalue weighted by atomic mass is 35.5.